The fraction of sp³-hybridized carbons (Fsp3) is 0. The Morgan fingerprint density at radius 2 is 0.638 bits per heavy atom. The van der Waals surface area contributed by atoms with Crippen LogP contribution in [0.25, 0.3) is 111 Å². The predicted octanol–water partition coefficient (Wildman–Crippen LogP) is 7.77. The van der Waals surface area contributed by atoms with Gasteiger partial charge in [-0.1, -0.05) is 179 Å². The van der Waals surface area contributed by atoms with Crippen LogP contribution in [0.4, 0.5) is 0 Å². The quantitative estimate of drug-likeness (QED) is 0.145. The Labute approximate surface area is 410 Å². The van der Waals surface area contributed by atoms with Crippen molar-refractivity contribution in [3.8, 4) is 67.0 Å². The maximum atomic E-state index is 7.44. The Morgan fingerprint density at radius 1 is 0.246 bits per heavy atom. The number of hydrogen-bond donors (Lipinski definition) is 0. The third-order valence-electron chi connectivity index (χ3n) is 13.7. The first-order chi connectivity index (χ1) is 33.7. The first-order valence-electron chi connectivity index (χ1n) is 22.8. The van der Waals surface area contributed by atoms with Crippen LogP contribution in [-0.2, 0) is 0 Å². The lowest BCUT2D eigenvalue weighted by molar-refractivity contribution is 1.18. The van der Waals surface area contributed by atoms with Crippen LogP contribution in [-0.4, -0.2) is 64.1 Å². The van der Waals surface area contributed by atoms with E-state index in [1.54, 1.807) is 0 Å². The van der Waals surface area contributed by atoms with E-state index < -0.39 is 0 Å². The smallest absolute Gasteiger partial charge is 0.115 e. The molecule has 0 spiro atoms. The van der Waals surface area contributed by atoms with Crippen molar-refractivity contribution in [1.29, 1.82) is 0 Å². The van der Waals surface area contributed by atoms with Gasteiger partial charge in [-0.05, 0) is 110 Å². The number of benzene rings is 10. The molecule has 10 aromatic carbocycles. The van der Waals surface area contributed by atoms with Crippen molar-refractivity contribution in [2.75, 3.05) is 0 Å². The Bertz CT molecular complexity index is 3990. The van der Waals surface area contributed by atoms with Crippen molar-refractivity contribution >= 4 is 137 Å². The topological polar surface area (TPSA) is 9.86 Å². The number of hydrogen-bond acceptors (Lipinski definition) is 0. The predicted molar refractivity (Wildman–Crippen MR) is 300 cm³/mol. The van der Waals surface area contributed by atoms with Gasteiger partial charge in [0, 0.05) is 38.6 Å². The van der Waals surface area contributed by atoms with Crippen LogP contribution < -0.4 is 38.2 Å². The third kappa shape index (κ3) is 6.89. The highest BCUT2D eigenvalue weighted by atomic mass is 15.0. The summed E-state index contributed by atoms with van der Waals surface area (Å²) in [5.41, 5.74) is 17.1. The van der Waals surface area contributed by atoms with Gasteiger partial charge in [0.2, 0.25) is 0 Å². The summed E-state index contributed by atoms with van der Waals surface area (Å²) >= 11 is 0. The van der Waals surface area contributed by atoms with Crippen molar-refractivity contribution in [2.24, 2.45) is 0 Å². The summed E-state index contributed by atoms with van der Waals surface area (Å²) in [5, 5.41) is 3.20. The molecule has 0 aliphatic carbocycles. The molecular formula is C60H33B7N2. The first kappa shape index (κ1) is 42.6. The largest absolute Gasteiger partial charge is 0.311 e. The summed E-state index contributed by atoms with van der Waals surface area (Å²) in [5.74, 6) is 0. The second-order valence-electron chi connectivity index (χ2n) is 17.6. The molecule has 0 amide bonds. The Hall–Kier alpha value is -7.75. The van der Waals surface area contributed by atoms with Gasteiger partial charge in [-0.3, -0.25) is 0 Å². The maximum absolute atomic E-state index is 7.44. The van der Waals surface area contributed by atoms with E-state index in [0.717, 1.165) is 83.3 Å². The summed E-state index contributed by atoms with van der Waals surface area (Å²) in [6.07, 6.45) is 0. The highest BCUT2D eigenvalue weighted by molar-refractivity contribution is 6.69. The molecule has 0 saturated heterocycles. The number of fused-ring (bicyclic) bond motifs is 6. The van der Waals surface area contributed by atoms with Crippen molar-refractivity contribution < 1.29 is 0 Å². The van der Waals surface area contributed by atoms with Crippen molar-refractivity contribution in [3.63, 3.8) is 0 Å². The molecule has 2 nitrogen and oxygen atoms in total. The zero-order chi connectivity index (χ0) is 47.1. The Balaban J connectivity index is 1.06. The van der Waals surface area contributed by atoms with Crippen LogP contribution in [0.15, 0.2) is 200 Å². The second-order valence-corrected chi connectivity index (χ2v) is 17.6. The zero-order valence-corrected chi connectivity index (χ0v) is 37.5. The molecule has 0 unspecified atom stereocenters. The van der Waals surface area contributed by atoms with Crippen LogP contribution in [0, 0.1) is 0 Å². The summed E-state index contributed by atoms with van der Waals surface area (Å²) in [7, 11) is 49.0. The van der Waals surface area contributed by atoms with E-state index in [1.165, 1.54) is 0 Å². The molecule has 69 heavy (non-hydrogen) atoms. The van der Waals surface area contributed by atoms with Gasteiger partial charge in [0.05, 0.1) is 11.0 Å². The van der Waals surface area contributed by atoms with Gasteiger partial charge in [0.25, 0.3) is 0 Å². The van der Waals surface area contributed by atoms with Crippen LogP contribution in [0.5, 0.6) is 0 Å². The minimum atomic E-state index is 0.171. The Kier molecular flexibility index (Phi) is 10.4. The molecule has 12 rings (SSSR count). The van der Waals surface area contributed by atoms with E-state index in [2.05, 4.69) is 162 Å². The van der Waals surface area contributed by atoms with E-state index >= 15 is 0 Å². The van der Waals surface area contributed by atoms with Crippen molar-refractivity contribution in [1.82, 2.24) is 9.13 Å². The lowest BCUT2D eigenvalue weighted by atomic mass is 9.64. The van der Waals surface area contributed by atoms with Crippen molar-refractivity contribution in [2.45, 2.75) is 0 Å². The summed E-state index contributed by atoms with van der Waals surface area (Å²) in [6, 6.07) is 69.4. The van der Waals surface area contributed by atoms with Crippen molar-refractivity contribution in [3.05, 3.63) is 200 Å². The average Bonchev–Trinajstić information content (AvgIpc) is 3.94. The van der Waals surface area contributed by atoms with Gasteiger partial charge in [0.15, 0.2) is 0 Å². The van der Waals surface area contributed by atoms with E-state index in [0.29, 0.717) is 43.8 Å². The van der Waals surface area contributed by atoms with E-state index in [1.807, 2.05) is 47.0 Å². The molecule has 0 atom stereocenters. The molecule has 12 aromatic rings. The standard InChI is InChI=1S/C60H33B7N2/c61-52-49(42-26-30-48-46(33-42)45-32-41(36-15-8-3-9-16-36)25-29-47(45)68(48)44-18-10-17-40(31-44)35-13-6-2-7-14-35)53(62)57(66)59-50(52)51-54(63)55(64)56(65)58(67)60(51)69(59)43-27-23-39(24-28-43)38-21-19-37(20-22-38)34-11-4-1-5-12-34/h1-33H. The minimum Gasteiger partial charge on any atom is -0.311 e. The van der Waals surface area contributed by atoms with Gasteiger partial charge in [-0.15, -0.1) is 10.9 Å². The maximum Gasteiger partial charge on any atom is 0.115 e. The third-order valence-corrected chi connectivity index (χ3v) is 13.7. The first-order valence-corrected chi connectivity index (χ1v) is 22.8. The zero-order valence-electron chi connectivity index (χ0n) is 37.5. The number of nitrogens with zero attached hydrogens (tertiary/aromatic N) is 2. The average molecular weight is 858 g/mol. The summed E-state index contributed by atoms with van der Waals surface area (Å²) < 4.78 is 4.26. The molecule has 0 saturated carbocycles. The lowest BCUT2D eigenvalue weighted by Crippen LogP contribution is -2.48. The van der Waals surface area contributed by atoms with Crippen LogP contribution in [0.3, 0.4) is 0 Å². The van der Waals surface area contributed by atoms with Gasteiger partial charge in [0.1, 0.15) is 54.9 Å². The summed E-state index contributed by atoms with van der Waals surface area (Å²) in [6.45, 7) is 0. The number of rotatable bonds is 7. The molecule has 0 N–H and O–H groups in total. The van der Waals surface area contributed by atoms with Crippen LogP contribution >= 0.6 is 0 Å². The molecule has 14 radical (unpaired) electrons. The molecule has 0 fully saturated rings. The molecule has 0 bridgehead atoms. The fourth-order valence-corrected chi connectivity index (χ4v) is 10.3. The Morgan fingerprint density at radius 3 is 1.19 bits per heavy atom. The highest BCUT2D eigenvalue weighted by Crippen LogP contribution is 2.39. The highest BCUT2D eigenvalue weighted by Gasteiger charge is 2.25. The monoisotopic (exact) mass is 858 g/mol. The normalized spacial score (nSPS) is 11.6. The molecule has 2 heterocycles. The number of aromatic nitrogens is 2. The van der Waals surface area contributed by atoms with E-state index in [4.69, 9.17) is 54.9 Å². The second kappa shape index (κ2) is 16.8. The molecule has 0 aliphatic rings. The SMILES string of the molecule is [B]c1c([B])c([B])c2c(c1[B])c1c([B])c(-c3ccc4c(c3)c3cc(-c5ccccc5)ccc3n4-c3cccc(-c4ccccc4)c3)c([B])c([B])c1n2-c1ccc(-c2ccc(-c3ccccc3)cc2)cc1. The molecular weight excluding hydrogens is 824 g/mol. The van der Waals surface area contributed by atoms with Gasteiger partial charge in [-0.2, -0.15) is 0 Å². The van der Waals surface area contributed by atoms with Crippen LogP contribution in [0.1, 0.15) is 0 Å². The fourth-order valence-electron chi connectivity index (χ4n) is 10.3. The van der Waals surface area contributed by atoms with E-state index in [9.17, 15) is 0 Å². The van der Waals surface area contributed by atoms with Crippen LogP contribution in [0.2, 0.25) is 0 Å². The van der Waals surface area contributed by atoms with Gasteiger partial charge < -0.3 is 9.13 Å². The summed E-state index contributed by atoms with van der Waals surface area (Å²) in [4.78, 5) is 0. The molecule has 304 valence electrons. The van der Waals surface area contributed by atoms with Gasteiger partial charge >= 0.3 is 0 Å². The lowest BCUT2D eigenvalue weighted by Gasteiger charge is -2.19. The van der Waals surface area contributed by atoms with E-state index in [-0.39, 0.29) is 21.9 Å². The molecule has 9 heteroatoms. The molecule has 2 aromatic heterocycles. The van der Waals surface area contributed by atoms with Gasteiger partial charge in [-0.25, -0.2) is 0 Å². The minimum absolute atomic E-state index is 0.171. The molecule has 0 aliphatic heterocycles.